The third kappa shape index (κ3) is 5.15. The van der Waals surface area contributed by atoms with E-state index in [1.165, 1.54) is 25.3 Å². The zero-order chi connectivity index (χ0) is 23.3. The van der Waals surface area contributed by atoms with Gasteiger partial charge in [-0.1, -0.05) is 42.8 Å². The van der Waals surface area contributed by atoms with Crippen LogP contribution in [0.25, 0.3) is 21.9 Å². The number of likely N-dealkylation sites (tertiary alicyclic amines) is 1. The molecule has 2 N–H and O–H groups in total. The third-order valence-electron chi connectivity index (χ3n) is 6.39. The molecule has 1 fully saturated rings. The van der Waals surface area contributed by atoms with Crippen LogP contribution in [0, 0.1) is 5.82 Å². The van der Waals surface area contributed by atoms with Gasteiger partial charge in [-0.05, 0) is 78.7 Å². The van der Waals surface area contributed by atoms with Gasteiger partial charge in [-0.2, -0.15) is 0 Å². The van der Waals surface area contributed by atoms with Crippen molar-refractivity contribution in [1.82, 2.24) is 4.90 Å². The summed E-state index contributed by atoms with van der Waals surface area (Å²) in [6, 6.07) is 24.5. The monoisotopic (exact) mass is 456 g/mol. The van der Waals surface area contributed by atoms with Crippen molar-refractivity contribution in [1.29, 1.82) is 0 Å². The molecule has 0 amide bonds. The summed E-state index contributed by atoms with van der Waals surface area (Å²) in [6.07, 6.45) is 3.77. The number of anilines is 2. The van der Waals surface area contributed by atoms with E-state index < -0.39 is 0 Å². The second-order valence-electron chi connectivity index (χ2n) is 8.81. The lowest BCUT2D eigenvalue weighted by Gasteiger charge is -2.26. The first-order valence-electron chi connectivity index (χ1n) is 11.9. The van der Waals surface area contributed by atoms with Gasteiger partial charge < -0.3 is 15.2 Å². The molecule has 5 rings (SSSR count). The van der Waals surface area contributed by atoms with Crippen molar-refractivity contribution in [3.63, 3.8) is 0 Å². The molecule has 0 saturated carbocycles. The summed E-state index contributed by atoms with van der Waals surface area (Å²) < 4.78 is 20.5. The zero-order valence-corrected chi connectivity index (χ0v) is 19.1. The number of rotatable bonds is 7. The van der Waals surface area contributed by atoms with Crippen LogP contribution >= 0.6 is 0 Å². The fourth-order valence-corrected chi connectivity index (χ4v) is 4.56. The lowest BCUT2D eigenvalue weighted by molar-refractivity contribution is 0.180. The standard InChI is InChI=1S/C29H29FN2O2/c30-27-20-24(11-13-29(27)34-17-16-32-14-4-1-5-15-32)31-28-7-3-2-6-26(28)23-9-8-22-19-25(33)12-10-21(22)18-23/h2-3,6-13,18-20,31,33H,1,4-5,14-17H2. The molecule has 4 nitrogen and oxygen atoms in total. The molecule has 1 saturated heterocycles. The molecular formula is C29H29FN2O2. The van der Waals surface area contributed by atoms with Gasteiger partial charge in [0.2, 0.25) is 0 Å². The van der Waals surface area contributed by atoms with E-state index in [2.05, 4.69) is 16.3 Å². The van der Waals surface area contributed by atoms with Crippen LogP contribution in [0.2, 0.25) is 0 Å². The Morgan fingerprint density at radius 3 is 2.50 bits per heavy atom. The average Bonchev–Trinajstić information content (AvgIpc) is 2.86. The number of piperidine rings is 1. The van der Waals surface area contributed by atoms with Gasteiger partial charge in [0.15, 0.2) is 11.6 Å². The summed E-state index contributed by atoms with van der Waals surface area (Å²) in [5.74, 6) is 0.170. The number of para-hydroxylation sites is 1. The highest BCUT2D eigenvalue weighted by atomic mass is 19.1. The fourth-order valence-electron chi connectivity index (χ4n) is 4.56. The van der Waals surface area contributed by atoms with Crippen LogP contribution in [0.4, 0.5) is 15.8 Å². The quantitative estimate of drug-likeness (QED) is 0.316. The largest absolute Gasteiger partial charge is 0.508 e. The van der Waals surface area contributed by atoms with E-state index in [9.17, 15) is 9.50 Å². The Balaban J connectivity index is 1.30. The van der Waals surface area contributed by atoms with Gasteiger partial charge in [-0.15, -0.1) is 0 Å². The molecule has 0 radical (unpaired) electrons. The summed E-state index contributed by atoms with van der Waals surface area (Å²) in [7, 11) is 0. The van der Waals surface area contributed by atoms with Gasteiger partial charge in [0.1, 0.15) is 12.4 Å². The van der Waals surface area contributed by atoms with Gasteiger partial charge in [-0.25, -0.2) is 4.39 Å². The van der Waals surface area contributed by atoms with Crippen LogP contribution in [0.1, 0.15) is 19.3 Å². The summed E-state index contributed by atoms with van der Waals surface area (Å²) in [6.45, 7) is 3.53. The summed E-state index contributed by atoms with van der Waals surface area (Å²) in [5, 5.41) is 15.1. The van der Waals surface area contributed by atoms with Crippen molar-refractivity contribution in [2.75, 3.05) is 31.6 Å². The minimum absolute atomic E-state index is 0.253. The lowest BCUT2D eigenvalue weighted by atomic mass is 9.99. The molecule has 1 heterocycles. The van der Waals surface area contributed by atoms with Crippen LogP contribution in [0.3, 0.4) is 0 Å². The van der Waals surface area contributed by atoms with Gasteiger partial charge >= 0.3 is 0 Å². The van der Waals surface area contributed by atoms with Crippen molar-refractivity contribution in [2.45, 2.75) is 19.3 Å². The van der Waals surface area contributed by atoms with Crippen LogP contribution in [0.5, 0.6) is 11.5 Å². The smallest absolute Gasteiger partial charge is 0.167 e. The number of ether oxygens (including phenoxy) is 1. The second kappa shape index (κ2) is 10.1. The Bertz CT molecular complexity index is 1280. The Hall–Kier alpha value is -3.57. The topological polar surface area (TPSA) is 44.7 Å². The molecular weight excluding hydrogens is 427 g/mol. The minimum atomic E-state index is -0.369. The first kappa shape index (κ1) is 22.2. The molecule has 4 aromatic carbocycles. The van der Waals surface area contributed by atoms with Gasteiger partial charge in [0, 0.05) is 29.5 Å². The molecule has 0 aromatic heterocycles. The molecule has 5 heteroatoms. The number of nitrogens with one attached hydrogen (secondary N) is 1. The number of hydrogen-bond donors (Lipinski definition) is 2. The molecule has 0 atom stereocenters. The fraction of sp³-hybridized carbons (Fsp3) is 0.241. The van der Waals surface area contributed by atoms with Crippen LogP contribution in [0.15, 0.2) is 78.9 Å². The molecule has 4 aromatic rings. The van der Waals surface area contributed by atoms with Gasteiger partial charge in [-0.3, -0.25) is 4.90 Å². The van der Waals surface area contributed by atoms with Crippen LogP contribution < -0.4 is 10.1 Å². The van der Waals surface area contributed by atoms with E-state index in [1.54, 1.807) is 18.2 Å². The average molecular weight is 457 g/mol. The van der Waals surface area contributed by atoms with E-state index in [-0.39, 0.29) is 17.3 Å². The molecule has 0 unspecified atom stereocenters. The first-order chi connectivity index (χ1) is 16.7. The van der Waals surface area contributed by atoms with E-state index in [0.717, 1.165) is 47.2 Å². The maximum Gasteiger partial charge on any atom is 0.167 e. The predicted octanol–water partition coefficient (Wildman–Crippen LogP) is 6.96. The van der Waals surface area contributed by atoms with Gasteiger partial charge in [0.25, 0.3) is 0 Å². The number of halogens is 1. The molecule has 0 aliphatic carbocycles. The molecule has 1 aliphatic heterocycles. The van der Waals surface area contributed by atoms with E-state index in [1.807, 2.05) is 48.5 Å². The van der Waals surface area contributed by atoms with Crippen molar-refractivity contribution < 1.29 is 14.2 Å². The molecule has 1 aliphatic rings. The number of fused-ring (bicyclic) bond motifs is 1. The van der Waals surface area contributed by atoms with E-state index in [0.29, 0.717) is 12.3 Å². The van der Waals surface area contributed by atoms with Crippen molar-refractivity contribution >= 4 is 22.1 Å². The Labute approximate surface area is 199 Å². The SMILES string of the molecule is Oc1ccc2cc(-c3ccccc3Nc3ccc(OCCN4CCCCC4)c(F)c3)ccc2c1. The summed E-state index contributed by atoms with van der Waals surface area (Å²) in [5.41, 5.74) is 3.61. The number of phenols is 1. The lowest BCUT2D eigenvalue weighted by Crippen LogP contribution is -2.33. The van der Waals surface area contributed by atoms with Crippen LogP contribution in [-0.4, -0.2) is 36.2 Å². The molecule has 34 heavy (non-hydrogen) atoms. The number of hydrogen-bond acceptors (Lipinski definition) is 4. The second-order valence-corrected chi connectivity index (χ2v) is 8.81. The molecule has 174 valence electrons. The van der Waals surface area contributed by atoms with Gasteiger partial charge in [0.05, 0.1) is 0 Å². The highest BCUT2D eigenvalue weighted by Gasteiger charge is 2.12. The maximum atomic E-state index is 14.7. The zero-order valence-electron chi connectivity index (χ0n) is 19.1. The predicted molar refractivity (Wildman–Crippen MR) is 137 cm³/mol. The third-order valence-corrected chi connectivity index (χ3v) is 6.39. The Morgan fingerprint density at radius 1 is 0.853 bits per heavy atom. The normalized spacial score (nSPS) is 14.3. The highest BCUT2D eigenvalue weighted by molar-refractivity contribution is 5.91. The summed E-state index contributed by atoms with van der Waals surface area (Å²) >= 11 is 0. The van der Waals surface area contributed by atoms with Crippen molar-refractivity contribution in [3.05, 3.63) is 84.7 Å². The van der Waals surface area contributed by atoms with E-state index in [4.69, 9.17) is 4.74 Å². The Morgan fingerprint density at radius 2 is 1.65 bits per heavy atom. The molecule has 0 spiro atoms. The number of aromatic hydroxyl groups is 1. The first-order valence-corrected chi connectivity index (χ1v) is 11.9. The minimum Gasteiger partial charge on any atom is -0.508 e. The molecule has 0 bridgehead atoms. The maximum absolute atomic E-state index is 14.7. The number of nitrogens with zero attached hydrogens (tertiary/aromatic N) is 1. The van der Waals surface area contributed by atoms with Crippen molar-refractivity contribution in [2.24, 2.45) is 0 Å². The Kier molecular flexibility index (Phi) is 6.63. The number of benzene rings is 4. The van der Waals surface area contributed by atoms with Crippen molar-refractivity contribution in [3.8, 4) is 22.6 Å². The summed E-state index contributed by atoms with van der Waals surface area (Å²) in [4.78, 5) is 2.38. The van der Waals surface area contributed by atoms with E-state index >= 15 is 0 Å². The number of phenolic OH excluding ortho intramolecular Hbond substituents is 1. The highest BCUT2D eigenvalue weighted by Crippen LogP contribution is 2.33. The van der Waals surface area contributed by atoms with Crippen LogP contribution in [-0.2, 0) is 0 Å².